The Morgan fingerprint density at radius 3 is 2.31 bits per heavy atom. The fourth-order valence-electron chi connectivity index (χ4n) is 1.06. The molecule has 0 aliphatic heterocycles. The number of sulfone groups is 1. The van der Waals surface area contributed by atoms with E-state index in [-0.39, 0.29) is 4.90 Å². The second kappa shape index (κ2) is 4.58. The van der Waals surface area contributed by atoms with Crippen LogP contribution in [-0.2, 0) is 9.84 Å². The Morgan fingerprint density at radius 2 is 1.94 bits per heavy atom. The number of hydrogen-bond donors (Lipinski definition) is 1. The van der Waals surface area contributed by atoms with Crippen LogP contribution in [-0.4, -0.2) is 14.3 Å². The number of benzene rings is 1. The molecule has 0 amide bonds. The van der Waals surface area contributed by atoms with Crippen LogP contribution in [0.1, 0.15) is 5.56 Å². The van der Waals surface area contributed by atoms with Gasteiger partial charge >= 0.3 is 0 Å². The number of nitrogens with zero attached hydrogens (tertiary/aromatic N) is 1. The van der Waals surface area contributed by atoms with Crippen LogP contribution in [0.2, 0.25) is 0 Å². The van der Waals surface area contributed by atoms with E-state index in [1.165, 1.54) is 18.2 Å². The zero-order valence-electron chi connectivity index (χ0n) is 8.27. The van der Waals surface area contributed by atoms with Gasteiger partial charge in [-0.15, -0.1) is 0 Å². The molecule has 4 nitrogen and oxygen atoms in total. The van der Waals surface area contributed by atoms with Gasteiger partial charge in [0, 0.05) is 5.87 Å². The van der Waals surface area contributed by atoms with E-state index in [0.29, 0.717) is 0 Å². The molecular weight excluding hydrogens is 224 g/mol. The normalized spacial score (nSPS) is 9.94. The molecular formula is C11H8N2O2S. The maximum absolute atomic E-state index is 11.7. The lowest BCUT2D eigenvalue weighted by Crippen LogP contribution is -2.03. The first-order valence-electron chi connectivity index (χ1n) is 4.23. The summed E-state index contributed by atoms with van der Waals surface area (Å²) in [5.74, 6) is 1.62. The summed E-state index contributed by atoms with van der Waals surface area (Å²) in [4.78, 5) is -0.728. The van der Waals surface area contributed by atoms with Gasteiger partial charge < -0.3 is 0 Å². The largest absolute Gasteiger partial charge is 0.257 e. The van der Waals surface area contributed by atoms with Crippen LogP contribution in [0.3, 0.4) is 0 Å². The third-order valence-corrected chi connectivity index (χ3v) is 3.53. The van der Waals surface area contributed by atoms with Crippen molar-refractivity contribution in [3.05, 3.63) is 41.3 Å². The van der Waals surface area contributed by atoms with Crippen molar-refractivity contribution in [2.75, 3.05) is 0 Å². The Kier molecular flexibility index (Phi) is 3.41. The summed E-state index contributed by atoms with van der Waals surface area (Å²) in [6.45, 7) is 3.54. The van der Waals surface area contributed by atoms with Crippen molar-refractivity contribution in [3.63, 3.8) is 0 Å². The summed E-state index contributed by atoms with van der Waals surface area (Å²) in [5.41, 5.74) is 0.774. The molecule has 0 spiro atoms. The van der Waals surface area contributed by atoms with Gasteiger partial charge in [-0.2, -0.15) is 5.26 Å². The smallest absolute Gasteiger partial charge is 0.225 e. The summed E-state index contributed by atoms with van der Waals surface area (Å²) in [6, 6.07) is 7.29. The van der Waals surface area contributed by atoms with Gasteiger partial charge in [-0.1, -0.05) is 24.8 Å². The molecule has 0 heterocycles. The monoisotopic (exact) mass is 232 g/mol. The molecule has 0 aliphatic carbocycles. The first kappa shape index (κ1) is 11.9. The summed E-state index contributed by atoms with van der Waals surface area (Å²) < 4.78 is 23.5. The fraction of sp³-hybridized carbons (Fsp3) is 0. The predicted octanol–water partition coefficient (Wildman–Crippen LogP) is 1.76. The van der Waals surface area contributed by atoms with Crippen LogP contribution in [0.4, 0.5) is 0 Å². The molecule has 0 radical (unpaired) electrons. The molecule has 1 N–H and O–H groups in total. The lowest BCUT2D eigenvalue weighted by Gasteiger charge is -2.00. The third kappa shape index (κ3) is 2.09. The number of nitriles is 1. The first-order chi connectivity index (χ1) is 7.56. The van der Waals surface area contributed by atoms with Crippen molar-refractivity contribution in [1.82, 2.24) is 0 Å². The highest BCUT2D eigenvalue weighted by atomic mass is 32.2. The van der Waals surface area contributed by atoms with E-state index in [9.17, 15) is 8.42 Å². The van der Waals surface area contributed by atoms with Crippen LogP contribution in [0.25, 0.3) is 6.08 Å². The van der Waals surface area contributed by atoms with Crippen molar-refractivity contribution in [2.45, 2.75) is 4.90 Å². The molecule has 0 atom stereocenters. The third-order valence-electron chi connectivity index (χ3n) is 1.91. The van der Waals surface area contributed by atoms with E-state index >= 15 is 0 Å². The van der Waals surface area contributed by atoms with Crippen LogP contribution in [0.15, 0.2) is 40.6 Å². The molecule has 1 rings (SSSR count). The molecule has 0 aliphatic rings. The number of rotatable bonds is 3. The van der Waals surface area contributed by atoms with Crippen LogP contribution in [0, 0.1) is 16.7 Å². The van der Waals surface area contributed by atoms with Gasteiger partial charge in [0.1, 0.15) is 6.07 Å². The van der Waals surface area contributed by atoms with E-state index in [1.54, 1.807) is 24.1 Å². The van der Waals surface area contributed by atoms with E-state index < -0.39 is 14.7 Å². The summed E-state index contributed by atoms with van der Waals surface area (Å²) in [5, 5.41) is 15.3. The van der Waals surface area contributed by atoms with E-state index in [0.717, 1.165) is 5.56 Å². The standard InChI is InChI=1S/C11H8N2O2S/c1-2-9-3-5-10(6-4-9)16(14,15)11(7-12)8-13/h2-6,12H,1H2. The Bertz CT molecular complexity index is 600. The minimum absolute atomic E-state index is 0.0330. The lowest BCUT2D eigenvalue weighted by atomic mass is 10.2. The minimum atomic E-state index is -3.90. The molecule has 0 saturated heterocycles. The molecule has 16 heavy (non-hydrogen) atoms. The van der Waals surface area contributed by atoms with Gasteiger partial charge in [-0.05, 0) is 17.7 Å². The van der Waals surface area contributed by atoms with E-state index in [2.05, 4.69) is 6.58 Å². The topological polar surface area (TPSA) is 81.8 Å². The molecule has 0 fully saturated rings. The molecule has 1 aromatic carbocycles. The van der Waals surface area contributed by atoms with E-state index in [4.69, 9.17) is 10.7 Å². The molecule has 5 heteroatoms. The Hall–Kier alpha value is -2.15. The van der Waals surface area contributed by atoms with Crippen molar-refractivity contribution < 1.29 is 8.42 Å². The van der Waals surface area contributed by atoms with E-state index in [1.807, 2.05) is 0 Å². The van der Waals surface area contributed by atoms with Gasteiger partial charge in [0.05, 0.1) is 4.90 Å². The summed E-state index contributed by atoms with van der Waals surface area (Å²) >= 11 is 0. The zero-order valence-corrected chi connectivity index (χ0v) is 9.08. The van der Waals surface area contributed by atoms with Crippen molar-refractivity contribution in [1.29, 1.82) is 10.7 Å². The first-order valence-corrected chi connectivity index (χ1v) is 5.72. The SMILES string of the molecule is C=Cc1ccc(S(=O)(=O)C(=C=N)C#N)cc1. The number of nitrogens with one attached hydrogen (secondary N) is 1. The quantitative estimate of drug-likeness (QED) is 0.636. The van der Waals surface area contributed by atoms with Crippen molar-refractivity contribution in [3.8, 4) is 6.07 Å². The lowest BCUT2D eigenvalue weighted by molar-refractivity contribution is 0.603. The number of hydrogen-bond acceptors (Lipinski definition) is 4. The zero-order chi connectivity index (χ0) is 12.2. The fourth-order valence-corrected chi connectivity index (χ4v) is 2.04. The summed E-state index contributed by atoms with van der Waals surface area (Å²) in [6.07, 6.45) is 1.58. The molecule has 0 unspecified atom stereocenters. The van der Waals surface area contributed by atoms with Crippen molar-refractivity contribution in [2.24, 2.45) is 0 Å². The summed E-state index contributed by atoms with van der Waals surface area (Å²) in [7, 11) is -3.90. The van der Waals surface area contributed by atoms with Gasteiger partial charge in [-0.25, -0.2) is 8.42 Å². The average Bonchev–Trinajstić information content (AvgIpc) is 2.30. The van der Waals surface area contributed by atoms with Gasteiger partial charge in [0.15, 0.2) is 0 Å². The highest BCUT2D eigenvalue weighted by molar-refractivity contribution is 7.95. The molecule has 0 aromatic heterocycles. The second-order valence-electron chi connectivity index (χ2n) is 2.84. The Balaban J connectivity index is 3.35. The highest BCUT2D eigenvalue weighted by Gasteiger charge is 2.20. The van der Waals surface area contributed by atoms with Crippen LogP contribution in [0.5, 0.6) is 0 Å². The predicted molar refractivity (Wildman–Crippen MR) is 60.6 cm³/mol. The van der Waals surface area contributed by atoms with Gasteiger partial charge in [0.25, 0.3) is 0 Å². The maximum Gasteiger partial charge on any atom is 0.225 e. The average molecular weight is 232 g/mol. The van der Waals surface area contributed by atoms with Gasteiger partial charge in [0.2, 0.25) is 14.7 Å². The minimum Gasteiger partial charge on any atom is -0.257 e. The molecule has 80 valence electrons. The van der Waals surface area contributed by atoms with Gasteiger partial charge in [-0.3, -0.25) is 5.41 Å². The number of allylic oxidation sites excluding steroid dienone is 1. The molecule has 0 bridgehead atoms. The molecule has 0 saturated carbocycles. The van der Waals surface area contributed by atoms with Crippen molar-refractivity contribution >= 4 is 21.8 Å². The Morgan fingerprint density at radius 1 is 1.38 bits per heavy atom. The highest BCUT2D eigenvalue weighted by Crippen LogP contribution is 2.17. The maximum atomic E-state index is 11.7. The van der Waals surface area contributed by atoms with Crippen LogP contribution < -0.4 is 0 Å². The second-order valence-corrected chi connectivity index (χ2v) is 4.73. The van der Waals surface area contributed by atoms with Crippen LogP contribution >= 0.6 is 0 Å². The Labute approximate surface area is 93.6 Å². The molecule has 1 aromatic rings.